The molecule has 0 bridgehead atoms. The van der Waals surface area contributed by atoms with Crippen LogP contribution >= 0.6 is 0 Å². The Morgan fingerprint density at radius 1 is 1.52 bits per heavy atom. The summed E-state index contributed by atoms with van der Waals surface area (Å²) < 4.78 is 6.91. The zero-order valence-electron chi connectivity index (χ0n) is 11.2. The third-order valence-corrected chi connectivity index (χ3v) is 2.97. The Morgan fingerprint density at radius 3 is 3.05 bits per heavy atom. The fourth-order valence-corrected chi connectivity index (χ4v) is 1.97. The number of nitrogens with one attached hydrogen (secondary N) is 2. The quantitative estimate of drug-likeness (QED) is 0.700. The topological polar surface area (TPSA) is 111 Å². The number of amides is 2. The Kier molecular flexibility index (Phi) is 2.98. The van der Waals surface area contributed by atoms with Crippen LogP contribution in [-0.4, -0.2) is 28.0 Å². The molecular weight excluding hydrogens is 274 g/mol. The number of carbonyl (C=O) groups excluding carboxylic acids is 2. The number of aryl methyl sites for hydroxylation is 1. The maximum atomic E-state index is 12.1. The minimum absolute atomic E-state index is 0.0495. The van der Waals surface area contributed by atoms with E-state index in [0.717, 1.165) is 0 Å². The molecule has 1 aliphatic heterocycles. The first-order chi connectivity index (χ1) is 10.0. The molecule has 1 aromatic carbocycles. The van der Waals surface area contributed by atoms with Gasteiger partial charge in [-0.2, -0.15) is 0 Å². The number of nitrogens with two attached hydrogens (primary N) is 1. The average Bonchev–Trinajstić information content (AvgIpc) is 2.87. The molecule has 2 amide bonds. The molecule has 0 radical (unpaired) electrons. The SMILES string of the molecule is Cn1cnc(C(=O)Nc2cc3c(cc2N)OCC(=O)N3)c1. The second-order valence-electron chi connectivity index (χ2n) is 4.65. The summed E-state index contributed by atoms with van der Waals surface area (Å²) in [5.74, 6) is -0.164. The molecule has 0 spiro atoms. The molecule has 0 fully saturated rings. The van der Waals surface area contributed by atoms with Crippen molar-refractivity contribution in [3.63, 3.8) is 0 Å². The molecular formula is C13H13N5O3. The monoisotopic (exact) mass is 287 g/mol. The molecule has 3 rings (SSSR count). The Balaban J connectivity index is 1.87. The lowest BCUT2D eigenvalue weighted by atomic mass is 10.2. The summed E-state index contributed by atoms with van der Waals surface area (Å²) in [6, 6.07) is 3.12. The third-order valence-electron chi connectivity index (χ3n) is 2.97. The first kappa shape index (κ1) is 13.0. The maximum Gasteiger partial charge on any atom is 0.275 e. The number of anilines is 3. The Labute approximate surface area is 119 Å². The van der Waals surface area contributed by atoms with E-state index in [4.69, 9.17) is 10.5 Å². The first-order valence-electron chi connectivity index (χ1n) is 6.18. The van der Waals surface area contributed by atoms with E-state index in [9.17, 15) is 9.59 Å². The van der Waals surface area contributed by atoms with E-state index >= 15 is 0 Å². The van der Waals surface area contributed by atoms with Gasteiger partial charge in [-0.1, -0.05) is 0 Å². The van der Waals surface area contributed by atoms with Gasteiger partial charge in [0.2, 0.25) is 0 Å². The van der Waals surface area contributed by atoms with Crippen molar-refractivity contribution in [3.8, 4) is 5.75 Å². The van der Waals surface area contributed by atoms with Crippen molar-refractivity contribution in [3.05, 3.63) is 30.4 Å². The van der Waals surface area contributed by atoms with Crippen molar-refractivity contribution in [1.82, 2.24) is 9.55 Å². The molecule has 0 unspecified atom stereocenters. The van der Waals surface area contributed by atoms with E-state index in [2.05, 4.69) is 15.6 Å². The molecule has 2 aromatic rings. The predicted octanol–water partition coefficient (Wildman–Crippen LogP) is 0.585. The van der Waals surface area contributed by atoms with Crippen LogP contribution in [0.15, 0.2) is 24.7 Å². The molecule has 1 aromatic heterocycles. The number of carbonyl (C=O) groups is 2. The van der Waals surface area contributed by atoms with Gasteiger partial charge < -0.3 is 25.7 Å². The van der Waals surface area contributed by atoms with E-state index in [1.165, 1.54) is 6.33 Å². The molecule has 4 N–H and O–H groups in total. The van der Waals surface area contributed by atoms with E-state index in [1.807, 2.05) is 0 Å². The van der Waals surface area contributed by atoms with Crippen molar-refractivity contribution in [2.45, 2.75) is 0 Å². The number of rotatable bonds is 2. The van der Waals surface area contributed by atoms with Crippen LogP contribution in [0.2, 0.25) is 0 Å². The van der Waals surface area contributed by atoms with Gasteiger partial charge in [-0.05, 0) is 6.07 Å². The van der Waals surface area contributed by atoms with Crippen LogP contribution in [0.25, 0.3) is 0 Å². The summed E-state index contributed by atoms with van der Waals surface area (Å²) in [6.45, 7) is -0.0495. The van der Waals surface area contributed by atoms with Crippen LogP contribution in [0.3, 0.4) is 0 Å². The number of benzene rings is 1. The van der Waals surface area contributed by atoms with Gasteiger partial charge in [0.25, 0.3) is 11.8 Å². The van der Waals surface area contributed by atoms with E-state index < -0.39 is 0 Å². The molecule has 8 heteroatoms. The minimum Gasteiger partial charge on any atom is -0.482 e. The Bertz CT molecular complexity index is 737. The highest BCUT2D eigenvalue weighted by Crippen LogP contribution is 2.35. The van der Waals surface area contributed by atoms with Gasteiger partial charge in [-0.3, -0.25) is 9.59 Å². The molecule has 0 saturated heterocycles. The van der Waals surface area contributed by atoms with Gasteiger partial charge in [-0.15, -0.1) is 0 Å². The number of hydrogen-bond donors (Lipinski definition) is 3. The van der Waals surface area contributed by atoms with Gasteiger partial charge in [-0.25, -0.2) is 4.98 Å². The number of aromatic nitrogens is 2. The summed E-state index contributed by atoms with van der Waals surface area (Å²) in [5, 5.41) is 5.31. The van der Waals surface area contributed by atoms with Crippen LogP contribution in [0, 0.1) is 0 Å². The lowest BCUT2D eigenvalue weighted by Crippen LogP contribution is -2.25. The van der Waals surface area contributed by atoms with Crippen molar-refractivity contribution >= 4 is 28.9 Å². The highest BCUT2D eigenvalue weighted by molar-refractivity contribution is 6.06. The van der Waals surface area contributed by atoms with Crippen molar-refractivity contribution in [2.75, 3.05) is 23.0 Å². The second-order valence-corrected chi connectivity index (χ2v) is 4.65. The summed E-state index contributed by atoms with van der Waals surface area (Å²) in [6.07, 6.45) is 3.12. The van der Waals surface area contributed by atoms with Gasteiger partial charge in [0, 0.05) is 19.3 Å². The minimum atomic E-state index is -0.384. The van der Waals surface area contributed by atoms with E-state index in [0.29, 0.717) is 22.8 Å². The smallest absolute Gasteiger partial charge is 0.275 e. The molecule has 8 nitrogen and oxygen atoms in total. The average molecular weight is 287 g/mol. The number of ether oxygens (including phenoxy) is 1. The second kappa shape index (κ2) is 4.82. The van der Waals surface area contributed by atoms with Gasteiger partial charge in [0.1, 0.15) is 11.4 Å². The molecule has 108 valence electrons. The molecule has 1 aliphatic rings. The maximum absolute atomic E-state index is 12.1. The van der Waals surface area contributed by atoms with Gasteiger partial charge >= 0.3 is 0 Å². The standard InChI is InChI=1S/C13H13N5O3/c1-18-4-10(15-6-18)13(20)17-8-3-9-11(2-7(8)14)21-5-12(19)16-9/h2-4,6H,5,14H2,1H3,(H,16,19)(H,17,20). The number of fused-ring (bicyclic) bond motifs is 1. The molecule has 21 heavy (non-hydrogen) atoms. The highest BCUT2D eigenvalue weighted by atomic mass is 16.5. The van der Waals surface area contributed by atoms with Crippen LogP contribution in [-0.2, 0) is 11.8 Å². The third kappa shape index (κ3) is 2.50. The lowest BCUT2D eigenvalue weighted by molar-refractivity contribution is -0.118. The van der Waals surface area contributed by atoms with E-state index in [1.54, 1.807) is 29.9 Å². The number of nitrogen functional groups attached to an aromatic ring is 1. The number of nitrogens with zero attached hydrogens (tertiary/aromatic N) is 2. The Morgan fingerprint density at radius 2 is 2.33 bits per heavy atom. The van der Waals surface area contributed by atoms with Gasteiger partial charge in [0.15, 0.2) is 6.61 Å². The zero-order valence-corrected chi connectivity index (χ0v) is 11.2. The fraction of sp³-hybridized carbons (Fsp3) is 0.154. The fourth-order valence-electron chi connectivity index (χ4n) is 1.97. The normalized spacial score (nSPS) is 13.1. The summed E-state index contributed by atoms with van der Waals surface area (Å²) in [4.78, 5) is 27.3. The Hall–Kier alpha value is -3.03. The molecule has 2 heterocycles. The van der Waals surface area contributed by atoms with Crippen molar-refractivity contribution in [1.29, 1.82) is 0 Å². The van der Waals surface area contributed by atoms with Crippen LogP contribution < -0.4 is 21.1 Å². The molecule has 0 atom stereocenters. The summed E-state index contributed by atoms with van der Waals surface area (Å²) in [7, 11) is 1.77. The van der Waals surface area contributed by atoms with Gasteiger partial charge in [0.05, 0.1) is 23.4 Å². The van der Waals surface area contributed by atoms with Crippen LogP contribution in [0.1, 0.15) is 10.5 Å². The summed E-state index contributed by atoms with van der Waals surface area (Å²) >= 11 is 0. The first-order valence-corrected chi connectivity index (χ1v) is 6.18. The molecule has 0 aliphatic carbocycles. The lowest BCUT2D eigenvalue weighted by Gasteiger charge is -2.20. The predicted molar refractivity (Wildman–Crippen MR) is 76.1 cm³/mol. The summed E-state index contributed by atoms with van der Waals surface area (Å²) in [5.41, 5.74) is 7.35. The zero-order chi connectivity index (χ0) is 15.0. The molecule has 0 saturated carbocycles. The van der Waals surface area contributed by atoms with Crippen LogP contribution in [0.4, 0.5) is 17.1 Å². The number of imidazole rings is 1. The van der Waals surface area contributed by atoms with E-state index in [-0.39, 0.29) is 24.1 Å². The largest absolute Gasteiger partial charge is 0.482 e. The van der Waals surface area contributed by atoms with Crippen LogP contribution in [0.5, 0.6) is 5.75 Å². The highest BCUT2D eigenvalue weighted by Gasteiger charge is 2.19. The van der Waals surface area contributed by atoms with Crippen molar-refractivity contribution in [2.24, 2.45) is 7.05 Å². The number of hydrogen-bond acceptors (Lipinski definition) is 5. The van der Waals surface area contributed by atoms with Crippen molar-refractivity contribution < 1.29 is 14.3 Å².